The van der Waals surface area contributed by atoms with Gasteiger partial charge in [0.05, 0.1) is 23.0 Å². The van der Waals surface area contributed by atoms with Crippen molar-refractivity contribution >= 4 is 29.1 Å². The molecular formula is C26H28ClN3O2. The standard InChI is InChI=1S/C26H28ClN3O2/c1-30(21-13-6-3-7-14-21)18-10-17-28-25(31)19-24(20-11-4-2-5-12-20)29-26(32)22-15-8-9-16-23(22)27/h2-9,11-16,24H,10,17-19H2,1H3,(H,28,31)(H,29,32). The number of carbonyl (C=O) groups is 2. The Bertz CT molecular complexity index is 1010. The van der Waals surface area contributed by atoms with Crippen LogP contribution in [0.2, 0.25) is 5.02 Å². The van der Waals surface area contributed by atoms with Gasteiger partial charge < -0.3 is 15.5 Å². The molecule has 0 aliphatic rings. The number of nitrogens with one attached hydrogen (secondary N) is 2. The Morgan fingerprint density at radius 2 is 1.53 bits per heavy atom. The number of benzene rings is 3. The summed E-state index contributed by atoms with van der Waals surface area (Å²) in [5.41, 5.74) is 2.40. The lowest BCUT2D eigenvalue weighted by molar-refractivity contribution is -0.121. The normalized spacial score (nSPS) is 11.4. The fraction of sp³-hybridized carbons (Fsp3) is 0.231. The molecule has 0 fully saturated rings. The number of carbonyl (C=O) groups excluding carboxylic acids is 2. The van der Waals surface area contributed by atoms with Crippen molar-refractivity contribution in [1.29, 1.82) is 0 Å². The third kappa shape index (κ3) is 6.86. The van der Waals surface area contributed by atoms with Gasteiger partial charge in [0.25, 0.3) is 5.91 Å². The number of hydrogen-bond donors (Lipinski definition) is 2. The van der Waals surface area contributed by atoms with E-state index in [1.165, 1.54) is 0 Å². The first-order valence-corrected chi connectivity index (χ1v) is 11.1. The maximum absolute atomic E-state index is 12.8. The first-order chi connectivity index (χ1) is 15.5. The molecule has 6 heteroatoms. The highest BCUT2D eigenvalue weighted by Gasteiger charge is 2.20. The third-order valence-electron chi connectivity index (χ3n) is 5.20. The molecule has 32 heavy (non-hydrogen) atoms. The van der Waals surface area contributed by atoms with E-state index < -0.39 is 6.04 Å². The quantitative estimate of drug-likeness (QED) is 0.435. The van der Waals surface area contributed by atoms with E-state index in [1.807, 2.05) is 55.6 Å². The van der Waals surface area contributed by atoms with Crippen LogP contribution in [-0.4, -0.2) is 32.0 Å². The van der Waals surface area contributed by atoms with Crippen molar-refractivity contribution in [2.45, 2.75) is 18.9 Å². The molecular weight excluding hydrogens is 422 g/mol. The van der Waals surface area contributed by atoms with Crippen molar-refractivity contribution < 1.29 is 9.59 Å². The second-order valence-corrected chi connectivity index (χ2v) is 7.99. The van der Waals surface area contributed by atoms with Crippen LogP contribution in [0, 0.1) is 0 Å². The fourth-order valence-electron chi connectivity index (χ4n) is 3.43. The molecule has 166 valence electrons. The van der Waals surface area contributed by atoms with E-state index in [0.29, 0.717) is 17.1 Å². The second-order valence-electron chi connectivity index (χ2n) is 7.58. The van der Waals surface area contributed by atoms with Crippen LogP contribution in [0.1, 0.15) is 34.8 Å². The Labute approximate surface area is 194 Å². The number of nitrogens with zero attached hydrogens (tertiary/aromatic N) is 1. The summed E-state index contributed by atoms with van der Waals surface area (Å²) in [6, 6.07) is 26.0. The predicted molar refractivity (Wildman–Crippen MR) is 130 cm³/mol. The first-order valence-electron chi connectivity index (χ1n) is 10.7. The predicted octanol–water partition coefficient (Wildman–Crippen LogP) is 4.84. The molecule has 3 aromatic carbocycles. The Hall–Kier alpha value is -3.31. The molecule has 0 heterocycles. The average molecular weight is 450 g/mol. The summed E-state index contributed by atoms with van der Waals surface area (Å²) in [5.74, 6) is -0.414. The van der Waals surface area contributed by atoms with Crippen molar-refractivity contribution in [1.82, 2.24) is 10.6 Å². The highest BCUT2D eigenvalue weighted by molar-refractivity contribution is 6.33. The topological polar surface area (TPSA) is 61.4 Å². The van der Waals surface area contributed by atoms with Gasteiger partial charge in [-0.25, -0.2) is 0 Å². The Morgan fingerprint density at radius 3 is 2.22 bits per heavy atom. The number of halogens is 1. The molecule has 5 nitrogen and oxygen atoms in total. The molecule has 0 bridgehead atoms. The summed E-state index contributed by atoms with van der Waals surface area (Å²) in [6.07, 6.45) is 0.966. The van der Waals surface area contributed by atoms with Crippen LogP contribution >= 0.6 is 11.6 Å². The summed E-state index contributed by atoms with van der Waals surface area (Å²) in [5, 5.41) is 6.31. The number of anilines is 1. The van der Waals surface area contributed by atoms with E-state index in [1.54, 1.807) is 24.3 Å². The molecule has 0 saturated heterocycles. The minimum absolute atomic E-state index is 0.110. The lowest BCUT2D eigenvalue weighted by Gasteiger charge is -2.21. The molecule has 0 aromatic heterocycles. The van der Waals surface area contributed by atoms with Crippen LogP contribution in [0.15, 0.2) is 84.9 Å². The Morgan fingerprint density at radius 1 is 0.906 bits per heavy atom. The van der Waals surface area contributed by atoms with Gasteiger partial charge in [0, 0.05) is 25.8 Å². The van der Waals surface area contributed by atoms with E-state index >= 15 is 0 Å². The van der Waals surface area contributed by atoms with Crippen molar-refractivity contribution in [3.8, 4) is 0 Å². The summed E-state index contributed by atoms with van der Waals surface area (Å²) < 4.78 is 0. The zero-order valence-electron chi connectivity index (χ0n) is 18.1. The van der Waals surface area contributed by atoms with Crippen LogP contribution in [0.25, 0.3) is 0 Å². The molecule has 0 radical (unpaired) electrons. The van der Waals surface area contributed by atoms with E-state index in [2.05, 4.69) is 27.7 Å². The van der Waals surface area contributed by atoms with E-state index in [0.717, 1.165) is 24.2 Å². The highest BCUT2D eigenvalue weighted by Crippen LogP contribution is 2.20. The second kappa shape index (κ2) is 11.9. The first kappa shape index (κ1) is 23.4. The highest BCUT2D eigenvalue weighted by atomic mass is 35.5. The number of hydrogen-bond acceptors (Lipinski definition) is 3. The van der Waals surface area contributed by atoms with Gasteiger partial charge in [-0.3, -0.25) is 9.59 Å². The summed E-state index contributed by atoms with van der Waals surface area (Å²) in [7, 11) is 2.03. The van der Waals surface area contributed by atoms with E-state index in [9.17, 15) is 9.59 Å². The molecule has 0 spiro atoms. The monoisotopic (exact) mass is 449 g/mol. The number of rotatable bonds is 10. The third-order valence-corrected chi connectivity index (χ3v) is 5.53. The minimum atomic E-state index is -0.452. The molecule has 3 aromatic rings. The van der Waals surface area contributed by atoms with Crippen molar-refractivity contribution in [2.75, 3.05) is 25.0 Å². The molecule has 0 aliphatic heterocycles. The average Bonchev–Trinajstić information content (AvgIpc) is 2.82. The maximum atomic E-state index is 12.8. The Kier molecular flexibility index (Phi) is 8.70. The number of para-hydroxylation sites is 1. The fourth-order valence-corrected chi connectivity index (χ4v) is 3.65. The zero-order chi connectivity index (χ0) is 22.8. The molecule has 2 amide bonds. The molecule has 0 saturated carbocycles. The van der Waals surface area contributed by atoms with Gasteiger partial charge in [0.2, 0.25) is 5.91 Å². The SMILES string of the molecule is CN(CCCNC(=O)CC(NC(=O)c1ccccc1Cl)c1ccccc1)c1ccccc1. The minimum Gasteiger partial charge on any atom is -0.375 e. The van der Waals surface area contributed by atoms with Gasteiger partial charge in [-0.05, 0) is 36.2 Å². The van der Waals surface area contributed by atoms with Crippen LogP contribution in [-0.2, 0) is 4.79 Å². The van der Waals surface area contributed by atoms with Gasteiger partial charge in [-0.1, -0.05) is 72.3 Å². The number of amides is 2. The van der Waals surface area contributed by atoms with Crippen LogP contribution in [0.3, 0.4) is 0 Å². The lowest BCUT2D eigenvalue weighted by atomic mass is 10.0. The van der Waals surface area contributed by atoms with Gasteiger partial charge in [-0.15, -0.1) is 0 Å². The zero-order valence-corrected chi connectivity index (χ0v) is 18.9. The maximum Gasteiger partial charge on any atom is 0.253 e. The van der Waals surface area contributed by atoms with Crippen LogP contribution in [0.5, 0.6) is 0 Å². The largest absolute Gasteiger partial charge is 0.375 e. The van der Waals surface area contributed by atoms with Crippen molar-refractivity contribution in [2.24, 2.45) is 0 Å². The van der Waals surface area contributed by atoms with Gasteiger partial charge in [-0.2, -0.15) is 0 Å². The molecule has 1 atom stereocenters. The Balaban J connectivity index is 1.54. The lowest BCUT2D eigenvalue weighted by Crippen LogP contribution is -2.34. The van der Waals surface area contributed by atoms with Crippen LogP contribution < -0.4 is 15.5 Å². The van der Waals surface area contributed by atoms with Crippen LogP contribution in [0.4, 0.5) is 5.69 Å². The molecule has 3 rings (SSSR count). The van der Waals surface area contributed by atoms with Gasteiger partial charge in [0.1, 0.15) is 0 Å². The summed E-state index contributed by atoms with van der Waals surface area (Å²) >= 11 is 6.16. The van der Waals surface area contributed by atoms with E-state index in [-0.39, 0.29) is 18.2 Å². The van der Waals surface area contributed by atoms with E-state index in [4.69, 9.17) is 11.6 Å². The smallest absolute Gasteiger partial charge is 0.253 e. The van der Waals surface area contributed by atoms with Crippen molar-refractivity contribution in [3.63, 3.8) is 0 Å². The van der Waals surface area contributed by atoms with Crippen molar-refractivity contribution in [3.05, 3.63) is 101 Å². The summed E-state index contributed by atoms with van der Waals surface area (Å²) in [6.45, 7) is 1.39. The molecule has 0 aliphatic carbocycles. The molecule has 2 N–H and O–H groups in total. The summed E-state index contributed by atoms with van der Waals surface area (Å²) in [4.78, 5) is 27.5. The molecule has 1 unspecified atom stereocenters. The van der Waals surface area contributed by atoms with Gasteiger partial charge >= 0.3 is 0 Å². The van der Waals surface area contributed by atoms with Gasteiger partial charge in [0.15, 0.2) is 0 Å².